The standard InChI is InChI=1S/C17H29N5O.ClH/c1-12-5-4-7-17(9-12,22(2)3)11-19-16(23)15-13-10-18-8-6-14(13)20-21-15;/h12,18H,4-11H2,1-3H3,(H,19,23)(H,20,21);1H. The van der Waals surface area contributed by atoms with Crippen molar-refractivity contribution in [3.8, 4) is 0 Å². The van der Waals surface area contributed by atoms with Crippen LogP contribution in [-0.2, 0) is 13.0 Å². The first-order valence-corrected chi connectivity index (χ1v) is 8.74. The van der Waals surface area contributed by atoms with E-state index in [1.165, 1.54) is 12.8 Å². The molecule has 1 aliphatic carbocycles. The van der Waals surface area contributed by atoms with E-state index in [1.807, 2.05) is 0 Å². The highest BCUT2D eigenvalue weighted by molar-refractivity contribution is 5.94. The molecule has 3 N–H and O–H groups in total. The molecule has 1 aromatic rings. The third-order valence-corrected chi connectivity index (χ3v) is 5.62. The van der Waals surface area contributed by atoms with Crippen LogP contribution in [0, 0.1) is 5.92 Å². The van der Waals surface area contributed by atoms with Gasteiger partial charge in [-0.1, -0.05) is 19.8 Å². The van der Waals surface area contributed by atoms with Crippen molar-refractivity contribution in [3.05, 3.63) is 17.0 Å². The molecule has 1 amide bonds. The molecule has 136 valence electrons. The lowest BCUT2D eigenvalue weighted by Gasteiger charge is -2.45. The number of carbonyl (C=O) groups excluding carboxylic acids is 1. The lowest BCUT2D eigenvalue weighted by molar-refractivity contribution is 0.0672. The van der Waals surface area contributed by atoms with Crippen LogP contribution < -0.4 is 10.6 Å². The van der Waals surface area contributed by atoms with Crippen molar-refractivity contribution in [2.45, 2.75) is 51.1 Å². The maximum atomic E-state index is 12.6. The van der Waals surface area contributed by atoms with Gasteiger partial charge in [-0.2, -0.15) is 5.10 Å². The van der Waals surface area contributed by atoms with Crippen LogP contribution in [0.25, 0.3) is 0 Å². The number of carbonyl (C=O) groups is 1. The first-order valence-electron chi connectivity index (χ1n) is 8.74. The van der Waals surface area contributed by atoms with Crippen molar-refractivity contribution in [3.63, 3.8) is 0 Å². The number of H-pyrrole nitrogens is 1. The van der Waals surface area contributed by atoms with Crippen LogP contribution in [0.15, 0.2) is 0 Å². The van der Waals surface area contributed by atoms with E-state index >= 15 is 0 Å². The number of nitrogens with zero attached hydrogens (tertiary/aromatic N) is 2. The lowest BCUT2D eigenvalue weighted by Crippen LogP contribution is -2.55. The molecule has 2 unspecified atom stereocenters. The summed E-state index contributed by atoms with van der Waals surface area (Å²) in [7, 11) is 4.26. The summed E-state index contributed by atoms with van der Waals surface area (Å²) in [5.74, 6) is 0.663. The number of amides is 1. The molecular formula is C17H30ClN5O. The Kier molecular flexibility index (Phi) is 6.28. The monoisotopic (exact) mass is 355 g/mol. The van der Waals surface area contributed by atoms with Gasteiger partial charge in [-0.05, 0) is 32.9 Å². The molecule has 7 heteroatoms. The molecule has 1 fully saturated rings. The van der Waals surface area contributed by atoms with E-state index < -0.39 is 0 Å². The molecular weight excluding hydrogens is 326 g/mol. The highest BCUT2D eigenvalue weighted by Gasteiger charge is 2.37. The van der Waals surface area contributed by atoms with E-state index in [-0.39, 0.29) is 23.9 Å². The summed E-state index contributed by atoms with van der Waals surface area (Å²) in [6, 6.07) is 0. The van der Waals surface area contributed by atoms with Crippen molar-refractivity contribution < 1.29 is 4.79 Å². The zero-order valence-electron chi connectivity index (χ0n) is 14.9. The Labute approximate surface area is 150 Å². The van der Waals surface area contributed by atoms with E-state index in [4.69, 9.17) is 0 Å². The summed E-state index contributed by atoms with van der Waals surface area (Å²) in [4.78, 5) is 14.9. The van der Waals surface area contributed by atoms with Gasteiger partial charge in [0.25, 0.3) is 5.91 Å². The van der Waals surface area contributed by atoms with Gasteiger partial charge >= 0.3 is 0 Å². The molecule has 0 saturated heterocycles. The first kappa shape index (κ1) is 19.2. The highest BCUT2D eigenvalue weighted by atomic mass is 35.5. The summed E-state index contributed by atoms with van der Waals surface area (Å²) < 4.78 is 0. The van der Waals surface area contributed by atoms with E-state index in [2.05, 4.69) is 46.7 Å². The van der Waals surface area contributed by atoms with E-state index in [0.29, 0.717) is 18.2 Å². The zero-order valence-corrected chi connectivity index (χ0v) is 15.8. The van der Waals surface area contributed by atoms with E-state index in [9.17, 15) is 4.79 Å². The number of hydrogen-bond acceptors (Lipinski definition) is 4. The van der Waals surface area contributed by atoms with Gasteiger partial charge in [0.05, 0.1) is 0 Å². The van der Waals surface area contributed by atoms with Crippen LogP contribution >= 0.6 is 12.4 Å². The minimum absolute atomic E-state index is 0. The Morgan fingerprint density at radius 1 is 1.46 bits per heavy atom. The maximum Gasteiger partial charge on any atom is 0.272 e. The summed E-state index contributed by atoms with van der Waals surface area (Å²) in [5, 5.41) is 13.7. The van der Waals surface area contributed by atoms with Gasteiger partial charge in [-0.3, -0.25) is 9.89 Å². The number of aromatic nitrogens is 2. The van der Waals surface area contributed by atoms with Gasteiger partial charge in [-0.25, -0.2) is 0 Å². The minimum Gasteiger partial charge on any atom is -0.349 e. The molecule has 2 atom stereocenters. The van der Waals surface area contributed by atoms with Crippen molar-refractivity contribution in [2.75, 3.05) is 27.2 Å². The maximum absolute atomic E-state index is 12.6. The molecule has 2 heterocycles. The second kappa shape index (κ2) is 7.85. The van der Waals surface area contributed by atoms with Crippen LogP contribution in [0.4, 0.5) is 0 Å². The van der Waals surface area contributed by atoms with Crippen molar-refractivity contribution in [1.82, 2.24) is 25.7 Å². The Morgan fingerprint density at radius 2 is 2.25 bits per heavy atom. The SMILES string of the molecule is CC1CCCC(CNC(=O)c2n[nH]c3c2CNCC3)(N(C)C)C1.Cl. The topological polar surface area (TPSA) is 73.0 Å². The fraction of sp³-hybridized carbons (Fsp3) is 0.765. The summed E-state index contributed by atoms with van der Waals surface area (Å²) in [5.41, 5.74) is 2.76. The predicted octanol–water partition coefficient (Wildman–Crippen LogP) is 1.72. The third-order valence-electron chi connectivity index (χ3n) is 5.62. The van der Waals surface area contributed by atoms with Gasteiger partial charge in [0, 0.05) is 42.9 Å². The Bertz CT molecular complexity index is 573. The molecule has 24 heavy (non-hydrogen) atoms. The van der Waals surface area contributed by atoms with Gasteiger partial charge in [0.2, 0.25) is 0 Å². The second-order valence-electron chi connectivity index (χ2n) is 7.46. The number of hydrogen-bond donors (Lipinski definition) is 3. The normalized spacial score (nSPS) is 26.6. The average Bonchev–Trinajstić information content (AvgIpc) is 2.96. The fourth-order valence-electron chi connectivity index (χ4n) is 4.10. The van der Waals surface area contributed by atoms with Crippen molar-refractivity contribution >= 4 is 18.3 Å². The largest absolute Gasteiger partial charge is 0.349 e. The Balaban J connectivity index is 0.00000208. The first-order chi connectivity index (χ1) is 11.0. The molecule has 0 aromatic carbocycles. The van der Waals surface area contributed by atoms with E-state index in [1.54, 1.807) is 0 Å². The fourth-order valence-corrected chi connectivity index (χ4v) is 4.10. The molecule has 1 saturated carbocycles. The van der Waals surface area contributed by atoms with Crippen LogP contribution in [0.1, 0.15) is 54.4 Å². The van der Waals surface area contributed by atoms with Crippen LogP contribution in [0.3, 0.4) is 0 Å². The Hall–Kier alpha value is -1.11. The molecule has 3 rings (SSSR count). The molecule has 0 radical (unpaired) electrons. The zero-order chi connectivity index (χ0) is 16.4. The van der Waals surface area contributed by atoms with Crippen molar-refractivity contribution in [1.29, 1.82) is 0 Å². The smallest absolute Gasteiger partial charge is 0.272 e. The minimum atomic E-state index is -0.0503. The molecule has 1 aromatic heterocycles. The molecule has 1 aliphatic heterocycles. The lowest BCUT2D eigenvalue weighted by atomic mass is 9.75. The summed E-state index contributed by atoms with van der Waals surface area (Å²) in [6.07, 6.45) is 5.72. The number of aromatic amines is 1. The number of fused-ring (bicyclic) bond motifs is 1. The summed E-state index contributed by atoms with van der Waals surface area (Å²) >= 11 is 0. The van der Waals surface area contributed by atoms with Gasteiger partial charge in [0.15, 0.2) is 5.69 Å². The number of halogens is 1. The molecule has 2 aliphatic rings. The molecule has 0 spiro atoms. The van der Waals surface area contributed by atoms with Crippen LogP contribution in [0.5, 0.6) is 0 Å². The number of nitrogens with one attached hydrogen (secondary N) is 3. The van der Waals surface area contributed by atoms with E-state index in [0.717, 1.165) is 43.6 Å². The number of rotatable bonds is 4. The highest BCUT2D eigenvalue weighted by Crippen LogP contribution is 2.35. The Morgan fingerprint density at radius 3 is 2.96 bits per heavy atom. The van der Waals surface area contributed by atoms with Crippen LogP contribution in [0.2, 0.25) is 0 Å². The second-order valence-corrected chi connectivity index (χ2v) is 7.46. The number of likely N-dealkylation sites (N-methyl/N-ethyl adjacent to an activating group) is 1. The van der Waals surface area contributed by atoms with Gasteiger partial charge in [0.1, 0.15) is 0 Å². The van der Waals surface area contributed by atoms with Crippen LogP contribution in [-0.4, -0.2) is 53.7 Å². The predicted molar refractivity (Wildman–Crippen MR) is 97.6 cm³/mol. The average molecular weight is 356 g/mol. The molecule has 0 bridgehead atoms. The summed E-state index contributed by atoms with van der Waals surface area (Å²) in [6.45, 7) is 4.68. The van der Waals surface area contributed by atoms with Crippen molar-refractivity contribution in [2.24, 2.45) is 5.92 Å². The van der Waals surface area contributed by atoms with Gasteiger partial charge in [-0.15, -0.1) is 12.4 Å². The quantitative estimate of drug-likeness (QED) is 0.769. The third kappa shape index (κ3) is 3.76. The van der Waals surface area contributed by atoms with Gasteiger partial charge < -0.3 is 15.5 Å². The molecule has 6 nitrogen and oxygen atoms in total.